The molecule has 1 fully saturated rings. The number of carbonyl (C=O) groups is 1. The Labute approximate surface area is 131 Å². The summed E-state index contributed by atoms with van der Waals surface area (Å²) in [7, 11) is 1.63. The van der Waals surface area contributed by atoms with E-state index in [4.69, 9.17) is 15.2 Å². The predicted molar refractivity (Wildman–Crippen MR) is 84.1 cm³/mol. The van der Waals surface area contributed by atoms with Crippen LogP contribution in [-0.4, -0.2) is 38.8 Å². The molecule has 0 aliphatic heterocycles. The zero-order valence-electron chi connectivity index (χ0n) is 12.2. The molecule has 0 aromatic heterocycles. The highest BCUT2D eigenvalue weighted by molar-refractivity contribution is 5.94. The van der Waals surface area contributed by atoms with Crippen LogP contribution in [0.4, 0.5) is 0 Å². The molecule has 0 spiro atoms. The van der Waals surface area contributed by atoms with Gasteiger partial charge in [-0.3, -0.25) is 4.79 Å². The lowest BCUT2D eigenvalue weighted by Crippen LogP contribution is -2.38. The topological polar surface area (TPSA) is 73.6 Å². The Kier molecular flexibility index (Phi) is 7.50. The van der Waals surface area contributed by atoms with Crippen LogP contribution in [0.1, 0.15) is 23.2 Å². The monoisotopic (exact) mass is 314 g/mol. The molecule has 0 heterocycles. The minimum Gasteiger partial charge on any atom is -0.491 e. The fraction of sp³-hybridized carbons (Fsp3) is 0.533. The average molecular weight is 315 g/mol. The van der Waals surface area contributed by atoms with Crippen LogP contribution in [0.2, 0.25) is 0 Å². The van der Waals surface area contributed by atoms with E-state index in [9.17, 15) is 4.79 Å². The number of halogens is 1. The fourth-order valence-electron chi connectivity index (χ4n) is 1.95. The lowest BCUT2D eigenvalue weighted by atomic mass is 10.1. The minimum absolute atomic E-state index is 0. The highest BCUT2D eigenvalue weighted by Gasteiger charge is 2.28. The maximum absolute atomic E-state index is 11.9. The standard InChI is InChI=1S/C15H22N2O3.ClH/c1-19-8-9-20-13-6-4-12(5-7-13)15(18)17-10-14(16)11-2-3-11;/h4-7,11,14H,2-3,8-10,16H2,1H3,(H,17,18);1H. The van der Waals surface area contributed by atoms with Crippen LogP contribution < -0.4 is 15.8 Å². The van der Waals surface area contributed by atoms with Crippen molar-refractivity contribution in [3.05, 3.63) is 29.8 Å². The van der Waals surface area contributed by atoms with Crippen molar-refractivity contribution in [3.8, 4) is 5.75 Å². The van der Waals surface area contributed by atoms with Gasteiger partial charge in [-0.25, -0.2) is 0 Å². The van der Waals surface area contributed by atoms with Crippen molar-refractivity contribution < 1.29 is 14.3 Å². The van der Waals surface area contributed by atoms with Crippen LogP contribution in [0.5, 0.6) is 5.75 Å². The molecule has 0 bridgehead atoms. The summed E-state index contributed by atoms with van der Waals surface area (Å²) >= 11 is 0. The number of ether oxygens (including phenoxy) is 2. The SMILES string of the molecule is COCCOc1ccc(C(=O)NCC(N)C2CC2)cc1.Cl. The molecule has 118 valence electrons. The van der Waals surface area contributed by atoms with Gasteiger partial charge in [-0.1, -0.05) is 0 Å². The van der Waals surface area contributed by atoms with E-state index in [1.165, 1.54) is 12.8 Å². The Balaban J connectivity index is 0.00000220. The zero-order valence-corrected chi connectivity index (χ0v) is 13.0. The van der Waals surface area contributed by atoms with Crippen molar-refractivity contribution in [1.82, 2.24) is 5.32 Å². The first-order chi connectivity index (χ1) is 9.70. The van der Waals surface area contributed by atoms with Crippen LogP contribution in [0.25, 0.3) is 0 Å². The second kappa shape index (κ2) is 8.87. The van der Waals surface area contributed by atoms with Crippen LogP contribution in [0, 0.1) is 5.92 Å². The molecule has 0 radical (unpaired) electrons. The first kappa shape index (κ1) is 17.8. The van der Waals surface area contributed by atoms with Gasteiger partial charge in [-0.2, -0.15) is 0 Å². The number of nitrogens with two attached hydrogens (primary N) is 1. The molecule has 1 aliphatic rings. The van der Waals surface area contributed by atoms with Gasteiger partial charge in [-0.05, 0) is 43.0 Å². The van der Waals surface area contributed by atoms with E-state index < -0.39 is 0 Å². The summed E-state index contributed by atoms with van der Waals surface area (Å²) in [6.07, 6.45) is 2.37. The van der Waals surface area contributed by atoms with Gasteiger partial charge in [0.05, 0.1) is 6.61 Å². The summed E-state index contributed by atoms with van der Waals surface area (Å²) in [6, 6.07) is 7.15. The van der Waals surface area contributed by atoms with Gasteiger partial charge in [0, 0.05) is 25.3 Å². The number of benzene rings is 1. The van der Waals surface area contributed by atoms with Gasteiger partial charge in [0.1, 0.15) is 12.4 Å². The Hall–Kier alpha value is -1.30. The summed E-state index contributed by atoms with van der Waals surface area (Å²) in [5, 5.41) is 2.87. The second-order valence-electron chi connectivity index (χ2n) is 5.08. The number of amides is 1. The van der Waals surface area contributed by atoms with Crippen LogP contribution >= 0.6 is 12.4 Å². The van der Waals surface area contributed by atoms with Crippen molar-refractivity contribution in [2.45, 2.75) is 18.9 Å². The molecule has 0 saturated heterocycles. The maximum atomic E-state index is 11.9. The number of nitrogens with one attached hydrogen (secondary N) is 1. The fourth-order valence-corrected chi connectivity index (χ4v) is 1.95. The molecule has 1 amide bonds. The van der Waals surface area contributed by atoms with Crippen LogP contribution in [-0.2, 0) is 4.74 Å². The van der Waals surface area contributed by atoms with Crippen LogP contribution in [0.3, 0.4) is 0 Å². The van der Waals surface area contributed by atoms with E-state index in [2.05, 4.69) is 5.32 Å². The van der Waals surface area contributed by atoms with E-state index >= 15 is 0 Å². The number of hydrogen-bond donors (Lipinski definition) is 2. The molecule has 1 aromatic carbocycles. The zero-order chi connectivity index (χ0) is 14.4. The Bertz CT molecular complexity index is 435. The summed E-state index contributed by atoms with van der Waals surface area (Å²) in [5.74, 6) is 1.23. The molecular weight excluding hydrogens is 292 g/mol. The smallest absolute Gasteiger partial charge is 0.251 e. The van der Waals surface area contributed by atoms with E-state index in [0.717, 1.165) is 5.75 Å². The largest absolute Gasteiger partial charge is 0.491 e. The van der Waals surface area contributed by atoms with Crippen molar-refractivity contribution in [3.63, 3.8) is 0 Å². The van der Waals surface area contributed by atoms with E-state index in [1.807, 2.05) is 0 Å². The van der Waals surface area contributed by atoms with E-state index in [-0.39, 0.29) is 24.4 Å². The van der Waals surface area contributed by atoms with Gasteiger partial charge >= 0.3 is 0 Å². The molecule has 1 unspecified atom stereocenters. The molecule has 1 saturated carbocycles. The van der Waals surface area contributed by atoms with Crippen molar-refractivity contribution in [1.29, 1.82) is 0 Å². The molecule has 1 atom stereocenters. The molecule has 5 nitrogen and oxygen atoms in total. The first-order valence-corrected chi connectivity index (χ1v) is 6.96. The lowest BCUT2D eigenvalue weighted by Gasteiger charge is -2.12. The Morgan fingerprint density at radius 3 is 2.57 bits per heavy atom. The number of hydrogen-bond acceptors (Lipinski definition) is 4. The Morgan fingerprint density at radius 1 is 1.33 bits per heavy atom. The average Bonchev–Trinajstić information content (AvgIpc) is 3.30. The van der Waals surface area contributed by atoms with Crippen molar-refractivity contribution in [2.75, 3.05) is 26.9 Å². The molecule has 6 heteroatoms. The van der Waals surface area contributed by atoms with Crippen LogP contribution in [0.15, 0.2) is 24.3 Å². The van der Waals surface area contributed by atoms with E-state index in [1.54, 1.807) is 31.4 Å². The number of methoxy groups -OCH3 is 1. The quantitative estimate of drug-likeness (QED) is 0.715. The summed E-state index contributed by atoms with van der Waals surface area (Å²) in [4.78, 5) is 11.9. The van der Waals surface area contributed by atoms with E-state index in [0.29, 0.717) is 31.2 Å². The summed E-state index contributed by atoms with van der Waals surface area (Å²) in [5.41, 5.74) is 6.57. The van der Waals surface area contributed by atoms with Gasteiger partial charge in [0.15, 0.2) is 0 Å². The normalized spacial score (nSPS) is 15.0. The van der Waals surface area contributed by atoms with Crippen molar-refractivity contribution in [2.24, 2.45) is 11.7 Å². The highest BCUT2D eigenvalue weighted by Crippen LogP contribution is 2.31. The first-order valence-electron chi connectivity index (χ1n) is 6.96. The highest BCUT2D eigenvalue weighted by atomic mass is 35.5. The predicted octanol–water partition coefficient (Wildman–Crippen LogP) is 1.60. The third-order valence-corrected chi connectivity index (χ3v) is 3.40. The second-order valence-corrected chi connectivity index (χ2v) is 5.08. The van der Waals surface area contributed by atoms with Gasteiger partial charge < -0.3 is 20.5 Å². The molecule has 1 aromatic rings. The van der Waals surface area contributed by atoms with Gasteiger partial charge in [-0.15, -0.1) is 12.4 Å². The molecule has 21 heavy (non-hydrogen) atoms. The maximum Gasteiger partial charge on any atom is 0.251 e. The van der Waals surface area contributed by atoms with Gasteiger partial charge in [0.25, 0.3) is 5.91 Å². The molecular formula is C15H23ClN2O3. The van der Waals surface area contributed by atoms with Gasteiger partial charge in [0.2, 0.25) is 0 Å². The lowest BCUT2D eigenvalue weighted by molar-refractivity contribution is 0.0950. The number of rotatable bonds is 8. The third-order valence-electron chi connectivity index (χ3n) is 3.40. The summed E-state index contributed by atoms with van der Waals surface area (Å²) in [6.45, 7) is 1.58. The Morgan fingerprint density at radius 2 is 2.00 bits per heavy atom. The number of carbonyl (C=O) groups excluding carboxylic acids is 1. The molecule has 1 aliphatic carbocycles. The third kappa shape index (κ3) is 5.91. The summed E-state index contributed by atoms with van der Waals surface area (Å²) < 4.78 is 10.3. The minimum atomic E-state index is -0.0930. The van der Waals surface area contributed by atoms with Crippen molar-refractivity contribution >= 4 is 18.3 Å². The molecule has 2 rings (SSSR count). The molecule has 3 N–H and O–H groups in total.